The number of likely N-dealkylation sites (tertiary alicyclic amines) is 1. The van der Waals surface area contributed by atoms with Crippen LogP contribution in [0.3, 0.4) is 0 Å². The minimum Gasteiger partial charge on any atom is -0.373 e. The summed E-state index contributed by atoms with van der Waals surface area (Å²) >= 11 is 1.56. The molecule has 0 bridgehead atoms. The Bertz CT molecular complexity index is 368. The predicted molar refractivity (Wildman–Crippen MR) is 77.5 cm³/mol. The summed E-state index contributed by atoms with van der Waals surface area (Å²) in [7, 11) is 4.05. The van der Waals surface area contributed by atoms with E-state index in [2.05, 4.69) is 32.5 Å². The van der Waals surface area contributed by atoms with Crippen LogP contribution < -0.4 is 10.6 Å². The number of hydrogen-bond donors (Lipinski definition) is 2. The van der Waals surface area contributed by atoms with Crippen molar-refractivity contribution in [3.05, 3.63) is 6.07 Å². The van der Waals surface area contributed by atoms with Crippen LogP contribution in [-0.4, -0.2) is 54.4 Å². The van der Waals surface area contributed by atoms with Crippen molar-refractivity contribution in [1.82, 2.24) is 14.9 Å². The van der Waals surface area contributed by atoms with Gasteiger partial charge in [0.2, 0.25) is 0 Å². The minimum absolute atomic E-state index is 0.524. The summed E-state index contributed by atoms with van der Waals surface area (Å²) in [5.74, 6) is 1.79. The van der Waals surface area contributed by atoms with Crippen LogP contribution in [-0.2, 0) is 0 Å². The molecule has 100 valence electrons. The molecule has 0 aliphatic carbocycles. The van der Waals surface area contributed by atoms with Gasteiger partial charge in [-0.05, 0) is 39.2 Å². The molecule has 0 radical (unpaired) electrons. The Morgan fingerprint density at radius 1 is 1.28 bits per heavy atom. The molecule has 0 atom stereocenters. The van der Waals surface area contributed by atoms with Crippen LogP contribution in [0.2, 0.25) is 0 Å². The van der Waals surface area contributed by atoms with Gasteiger partial charge in [-0.2, -0.15) is 0 Å². The lowest BCUT2D eigenvalue weighted by Gasteiger charge is -2.29. The van der Waals surface area contributed by atoms with Crippen LogP contribution in [0.1, 0.15) is 12.8 Å². The highest BCUT2D eigenvalue weighted by Gasteiger charge is 2.17. The van der Waals surface area contributed by atoms with Crippen LogP contribution in [0.5, 0.6) is 0 Å². The van der Waals surface area contributed by atoms with Gasteiger partial charge >= 0.3 is 0 Å². The zero-order valence-electron chi connectivity index (χ0n) is 11.2. The Morgan fingerprint density at radius 3 is 2.56 bits per heavy atom. The summed E-state index contributed by atoms with van der Waals surface area (Å²) in [5.41, 5.74) is 0. The van der Waals surface area contributed by atoms with Gasteiger partial charge in [0.1, 0.15) is 11.6 Å². The van der Waals surface area contributed by atoms with Gasteiger partial charge in [-0.1, -0.05) is 11.8 Å². The first-order valence-electron chi connectivity index (χ1n) is 6.27. The van der Waals surface area contributed by atoms with Gasteiger partial charge < -0.3 is 15.5 Å². The van der Waals surface area contributed by atoms with Crippen molar-refractivity contribution in [1.29, 1.82) is 0 Å². The van der Waals surface area contributed by atoms with Gasteiger partial charge in [-0.3, -0.25) is 0 Å². The summed E-state index contributed by atoms with van der Waals surface area (Å²) in [6.45, 7) is 2.30. The third-order valence-electron chi connectivity index (χ3n) is 3.21. The number of aromatic nitrogens is 2. The van der Waals surface area contributed by atoms with Crippen LogP contribution in [0.4, 0.5) is 11.6 Å². The molecule has 2 heterocycles. The van der Waals surface area contributed by atoms with Crippen molar-refractivity contribution in [2.24, 2.45) is 0 Å². The van der Waals surface area contributed by atoms with E-state index in [-0.39, 0.29) is 0 Å². The fourth-order valence-electron chi connectivity index (χ4n) is 2.08. The first-order chi connectivity index (χ1) is 8.71. The van der Waals surface area contributed by atoms with Crippen molar-refractivity contribution in [2.45, 2.75) is 24.0 Å². The topological polar surface area (TPSA) is 53.1 Å². The molecule has 1 aliphatic heterocycles. The summed E-state index contributed by atoms with van der Waals surface area (Å²) < 4.78 is 0. The van der Waals surface area contributed by atoms with E-state index in [4.69, 9.17) is 0 Å². The number of piperidine rings is 1. The number of thioether (sulfide) groups is 1. The molecule has 1 saturated heterocycles. The molecule has 0 spiro atoms. The highest BCUT2D eigenvalue weighted by atomic mass is 32.2. The molecule has 1 aliphatic rings. The van der Waals surface area contributed by atoms with E-state index in [1.165, 1.54) is 12.8 Å². The van der Waals surface area contributed by atoms with E-state index in [9.17, 15) is 0 Å². The van der Waals surface area contributed by atoms with Gasteiger partial charge in [-0.25, -0.2) is 9.97 Å². The highest BCUT2D eigenvalue weighted by Crippen LogP contribution is 2.19. The van der Waals surface area contributed by atoms with E-state index in [0.717, 1.165) is 29.9 Å². The number of anilines is 2. The van der Waals surface area contributed by atoms with Crippen LogP contribution >= 0.6 is 11.8 Å². The second-order valence-corrected chi connectivity index (χ2v) is 5.37. The lowest BCUT2D eigenvalue weighted by molar-refractivity contribution is 0.263. The summed E-state index contributed by atoms with van der Waals surface area (Å²) in [4.78, 5) is 11.2. The smallest absolute Gasteiger partial charge is 0.191 e. The van der Waals surface area contributed by atoms with E-state index in [1.54, 1.807) is 11.8 Å². The third kappa shape index (κ3) is 3.49. The molecule has 2 N–H and O–H groups in total. The average molecular weight is 267 g/mol. The SMILES string of the molecule is CNc1cc(NC2CCN(C)CC2)nc(SC)n1. The van der Waals surface area contributed by atoms with Crippen molar-refractivity contribution in [2.75, 3.05) is 44.1 Å². The fourth-order valence-corrected chi connectivity index (χ4v) is 2.46. The Labute approximate surface area is 113 Å². The summed E-state index contributed by atoms with van der Waals surface area (Å²) in [6, 6.07) is 2.49. The van der Waals surface area contributed by atoms with E-state index >= 15 is 0 Å². The van der Waals surface area contributed by atoms with Crippen molar-refractivity contribution >= 4 is 23.4 Å². The molecular weight excluding hydrogens is 246 g/mol. The van der Waals surface area contributed by atoms with Crippen molar-refractivity contribution < 1.29 is 0 Å². The summed E-state index contributed by atoms with van der Waals surface area (Å²) in [5, 5.41) is 7.40. The molecule has 1 aromatic heterocycles. The Balaban J connectivity index is 2.03. The molecule has 1 aromatic rings. The molecule has 6 heteroatoms. The highest BCUT2D eigenvalue weighted by molar-refractivity contribution is 7.98. The largest absolute Gasteiger partial charge is 0.373 e. The van der Waals surface area contributed by atoms with Gasteiger partial charge in [0, 0.05) is 19.2 Å². The maximum Gasteiger partial charge on any atom is 0.191 e. The van der Waals surface area contributed by atoms with E-state index in [0.29, 0.717) is 6.04 Å². The zero-order valence-corrected chi connectivity index (χ0v) is 12.0. The number of rotatable bonds is 4. The molecule has 2 rings (SSSR count). The van der Waals surface area contributed by atoms with Gasteiger partial charge in [0.25, 0.3) is 0 Å². The molecule has 5 nitrogen and oxygen atoms in total. The molecule has 0 amide bonds. The van der Waals surface area contributed by atoms with Gasteiger partial charge in [0.15, 0.2) is 5.16 Å². The van der Waals surface area contributed by atoms with Crippen LogP contribution in [0, 0.1) is 0 Å². The van der Waals surface area contributed by atoms with Crippen LogP contribution in [0.25, 0.3) is 0 Å². The number of nitrogens with zero attached hydrogens (tertiary/aromatic N) is 3. The standard InChI is InChI=1S/C12H21N5S/c1-13-10-8-11(16-12(15-10)18-3)14-9-4-6-17(2)7-5-9/h8-9H,4-7H2,1-3H3,(H2,13,14,15,16). The van der Waals surface area contributed by atoms with Crippen molar-refractivity contribution in [3.63, 3.8) is 0 Å². The molecular formula is C12H21N5S. The quantitative estimate of drug-likeness (QED) is 0.640. The fraction of sp³-hybridized carbons (Fsp3) is 0.667. The Morgan fingerprint density at radius 2 is 1.94 bits per heavy atom. The zero-order chi connectivity index (χ0) is 13.0. The van der Waals surface area contributed by atoms with Crippen LogP contribution in [0.15, 0.2) is 11.2 Å². The monoisotopic (exact) mass is 267 g/mol. The molecule has 18 heavy (non-hydrogen) atoms. The molecule has 1 fully saturated rings. The molecule has 0 aromatic carbocycles. The molecule has 0 saturated carbocycles. The average Bonchev–Trinajstić information content (AvgIpc) is 2.41. The second-order valence-electron chi connectivity index (χ2n) is 4.60. The second kappa shape index (κ2) is 6.24. The maximum atomic E-state index is 4.50. The lowest BCUT2D eigenvalue weighted by Crippen LogP contribution is -2.36. The Hall–Kier alpha value is -1.01. The van der Waals surface area contributed by atoms with Gasteiger partial charge in [0.05, 0.1) is 0 Å². The third-order valence-corrected chi connectivity index (χ3v) is 3.76. The first-order valence-corrected chi connectivity index (χ1v) is 7.49. The van der Waals surface area contributed by atoms with Crippen molar-refractivity contribution in [3.8, 4) is 0 Å². The van der Waals surface area contributed by atoms with E-state index < -0.39 is 0 Å². The lowest BCUT2D eigenvalue weighted by atomic mass is 10.1. The predicted octanol–water partition coefficient (Wildman–Crippen LogP) is 1.75. The summed E-state index contributed by atoms with van der Waals surface area (Å²) in [6.07, 6.45) is 4.34. The normalized spacial score (nSPS) is 17.7. The van der Waals surface area contributed by atoms with E-state index in [1.807, 2.05) is 19.4 Å². The van der Waals surface area contributed by atoms with Gasteiger partial charge in [-0.15, -0.1) is 0 Å². The Kier molecular flexibility index (Phi) is 4.66. The maximum absolute atomic E-state index is 4.50. The number of hydrogen-bond acceptors (Lipinski definition) is 6. The minimum atomic E-state index is 0.524. The first kappa shape index (κ1) is 13.4. The molecule has 0 unspecified atom stereocenters. The number of nitrogens with one attached hydrogen (secondary N) is 2.